The molecule has 0 saturated heterocycles. The second-order valence-electron chi connectivity index (χ2n) is 6.42. The molecule has 4 nitrogen and oxygen atoms in total. The first-order valence-corrected chi connectivity index (χ1v) is 8.20. The number of nitrogens with one attached hydrogen (secondary N) is 1. The summed E-state index contributed by atoms with van der Waals surface area (Å²) in [6, 6.07) is 18.4. The Bertz CT molecular complexity index is 794. The fraction of sp³-hybridized carbons (Fsp3) is 0.300. The molecule has 2 aromatic carbocycles. The number of benzene rings is 2. The van der Waals surface area contributed by atoms with E-state index in [2.05, 4.69) is 11.4 Å². The highest BCUT2D eigenvalue weighted by Crippen LogP contribution is 2.32. The normalized spacial score (nSPS) is 15.9. The Morgan fingerprint density at radius 3 is 2.67 bits per heavy atom. The van der Waals surface area contributed by atoms with Crippen LogP contribution >= 0.6 is 0 Å². The van der Waals surface area contributed by atoms with Gasteiger partial charge in [0.15, 0.2) is 0 Å². The third-order valence-electron chi connectivity index (χ3n) is 4.67. The van der Waals surface area contributed by atoms with Crippen LogP contribution in [0.3, 0.4) is 0 Å². The first-order valence-electron chi connectivity index (χ1n) is 8.20. The Labute approximate surface area is 142 Å². The summed E-state index contributed by atoms with van der Waals surface area (Å²) in [6.45, 7) is 5.20. The molecule has 0 saturated carbocycles. The van der Waals surface area contributed by atoms with Gasteiger partial charge >= 0.3 is 6.03 Å². The quantitative estimate of drug-likeness (QED) is 0.923. The molecule has 0 bridgehead atoms. The minimum absolute atomic E-state index is 0.0797. The van der Waals surface area contributed by atoms with E-state index in [1.54, 1.807) is 4.90 Å². The van der Waals surface area contributed by atoms with Crippen molar-refractivity contribution in [2.75, 3.05) is 11.9 Å². The first kappa shape index (κ1) is 16.1. The average Bonchev–Trinajstić information content (AvgIpc) is 2.61. The van der Waals surface area contributed by atoms with Crippen LogP contribution in [0.2, 0.25) is 0 Å². The van der Waals surface area contributed by atoms with Crippen LogP contribution in [0, 0.1) is 11.3 Å². The molecule has 2 aromatic rings. The van der Waals surface area contributed by atoms with Gasteiger partial charge < -0.3 is 10.2 Å². The van der Waals surface area contributed by atoms with Crippen molar-refractivity contribution in [1.29, 1.82) is 5.26 Å². The molecule has 1 heterocycles. The van der Waals surface area contributed by atoms with Crippen molar-refractivity contribution in [1.82, 2.24) is 4.90 Å². The highest BCUT2D eigenvalue weighted by Gasteiger charge is 2.29. The number of amides is 2. The van der Waals surface area contributed by atoms with Crippen molar-refractivity contribution in [3.05, 3.63) is 65.2 Å². The van der Waals surface area contributed by atoms with E-state index >= 15 is 0 Å². The van der Waals surface area contributed by atoms with Crippen molar-refractivity contribution in [3.8, 4) is 6.07 Å². The highest BCUT2D eigenvalue weighted by atomic mass is 16.2. The zero-order valence-corrected chi connectivity index (χ0v) is 14.0. The lowest BCUT2D eigenvalue weighted by Crippen LogP contribution is -2.38. The average molecular weight is 319 g/mol. The third kappa shape index (κ3) is 2.98. The van der Waals surface area contributed by atoms with Crippen molar-refractivity contribution in [3.63, 3.8) is 0 Å². The molecule has 3 rings (SSSR count). The second-order valence-corrected chi connectivity index (χ2v) is 6.42. The smallest absolute Gasteiger partial charge is 0.320 e. The van der Waals surface area contributed by atoms with Crippen molar-refractivity contribution < 1.29 is 4.79 Å². The van der Waals surface area contributed by atoms with Crippen LogP contribution < -0.4 is 5.32 Å². The SMILES string of the molecule is CCN1Cc2ccc([C@](C)(C#N)Cc3ccccc3)cc2NC1=O. The number of nitriles is 1. The van der Waals surface area contributed by atoms with Crippen molar-refractivity contribution in [2.45, 2.75) is 32.2 Å². The Morgan fingerprint density at radius 2 is 2.00 bits per heavy atom. The number of urea groups is 1. The summed E-state index contributed by atoms with van der Waals surface area (Å²) in [5, 5.41) is 12.7. The summed E-state index contributed by atoms with van der Waals surface area (Å²) in [4.78, 5) is 13.8. The van der Waals surface area contributed by atoms with Gasteiger partial charge in [0.2, 0.25) is 0 Å². The van der Waals surface area contributed by atoms with E-state index in [1.165, 1.54) is 0 Å². The molecule has 1 atom stereocenters. The summed E-state index contributed by atoms with van der Waals surface area (Å²) in [7, 11) is 0. The molecular weight excluding hydrogens is 298 g/mol. The molecule has 0 aromatic heterocycles. The van der Waals surface area contributed by atoms with Gasteiger partial charge in [-0.1, -0.05) is 42.5 Å². The lowest BCUT2D eigenvalue weighted by molar-refractivity contribution is 0.210. The number of carbonyl (C=O) groups is 1. The maximum Gasteiger partial charge on any atom is 0.322 e. The molecule has 1 N–H and O–H groups in total. The number of nitrogens with zero attached hydrogens (tertiary/aromatic N) is 2. The highest BCUT2D eigenvalue weighted by molar-refractivity contribution is 5.92. The molecule has 0 fully saturated rings. The number of hydrogen-bond acceptors (Lipinski definition) is 2. The lowest BCUT2D eigenvalue weighted by Gasteiger charge is -2.30. The van der Waals surface area contributed by atoms with Gasteiger partial charge in [0.1, 0.15) is 0 Å². The number of fused-ring (bicyclic) bond motifs is 1. The van der Waals surface area contributed by atoms with Gasteiger partial charge in [-0.3, -0.25) is 0 Å². The summed E-state index contributed by atoms with van der Waals surface area (Å²) in [6.07, 6.45) is 0.637. The topological polar surface area (TPSA) is 56.1 Å². The maximum atomic E-state index is 12.1. The molecule has 122 valence electrons. The van der Waals surface area contributed by atoms with E-state index < -0.39 is 5.41 Å². The molecule has 2 amide bonds. The van der Waals surface area contributed by atoms with E-state index in [0.29, 0.717) is 19.5 Å². The monoisotopic (exact) mass is 319 g/mol. The molecule has 0 unspecified atom stereocenters. The molecule has 0 radical (unpaired) electrons. The van der Waals surface area contributed by atoms with E-state index in [4.69, 9.17) is 0 Å². The minimum atomic E-state index is -0.636. The minimum Gasteiger partial charge on any atom is -0.320 e. The number of rotatable bonds is 4. The van der Waals surface area contributed by atoms with Crippen LogP contribution in [-0.4, -0.2) is 17.5 Å². The van der Waals surface area contributed by atoms with Crippen LogP contribution in [0.5, 0.6) is 0 Å². The lowest BCUT2D eigenvalue weighted by atomic mass is 9.78. The Hall–Kier alpha value is -2.80. The Kier molecular flexibility index (Phi) is 4.26. The Morgan fingerprint density at radius 1 is 1.25 bits per heavy atom. The number of carbonyl (C=O) groups excluding carboxylic acids is 1. The van der Waals surface area contributed by atoms with E-state index in [0.717, 1.165) is 22.4 Å². The summed E-state index contributed by atoms with van der Waals surface area (Å²) < 4.78 is 0. The van der Waals surface area contributed by atoms with Crippen LogP contribution in [0.15, 0.2) is 48.5 Å². The third-order valence-corrected chi connectivity index (χ3v) is 4.67. The number of hydrogen-bond donors (Lipinski definition) is 1. The van der Waals surface area contributed by atoms with Crippen LogP contribution in [0.1, 0.15) is 30.5 Å². The van der Waals surface area contributed by atoms with Crippen LogP contribution in [0.4, 0.5) is 10.5 Å². The van der Waals surface area contributed by atoms with Gasteiger partial charge in [-0.2, -0.15) is 5.26 Å². The molecule has 1 aliphatic rings. The molecule has 0 spiro atoms. The summed E-state index contributed by atoms with van der Waals surface area (Å²) >= 11 is 0. The van der Waals surface area contributed by atoms with Gasteiger partial charge in [-0.15, -0.1) is 0 Å². The van der Waals surface area contributed by atoms with Crippen molar-refractivity contribution >= 4 is 11.7 Å². The molecule has 4 heteroatoms. The van der Waals surface area contributed by atoms with Gasteiger partial charge in [0, 0.05) is 18.8 Å². The van der Waals surface area contributed by atoms with Gasteiger partial charge in [0.25, 0.3) is 0 Å². The van der Waals surface area contributed by atoms with Crippen LogP contribution in [-0.2, 0) is 18.4 Å². The zero-order chi connectivity index (χ0) is 17.2. The molecule has 1 aliphatic heterocycles. The standard InChI is InChI=1S/C20H21N3O/c1-3-23-13-16-9-10-17(11-18(16)22-19(23)24)20(2,14-21)12-15-7-5-4-6-8-15/h4-11H,3,12-13H2,1-2H3,(H,22,24)/t20-/m0/s1. The largest absolute Gasteiger partial charge is 0.322 e. The molecule has 24 heavy (non-hydrogen) atoms. The predicted molar refractivity (Wildman–Crippen MR) is 94.7 cm³/mol. The maximum absolute atomic E-state index is 12.1. The first-order chi connectivity index (χ1) is 11.6. The summed E-state index contributed by atoms with van der Waals surface area (Å²) in [5.41, 5.74) is 3.32. The van der Waals surface area contributed by atoms with Gasteiger partial charge in [0.05, 0.1) is 11.5 Å². The van der Waals surface area contributed by atoms with E-state index in [1.807, 2.05) is 62.4 Å². The summed E-state index contributed by atoms with van der Waals surface area (Å²) in [5.74, 6) is 0. The Balaban J connectivity index is 1.93. The molecule has 0 aliphatic carbocycles. The van der Waals surface area contributed by atoms with Gasteiger partial charge in [-0.25, -0.2) is 4.79 Å². The van der Waals surface area contributed by atoms with E-state index in [-0.39, 0.29) is 6.03 Å². The predicted octanol–water partition coefficient (Wildman–Crippen LogP) is 4.08. The van der Waals surface area contributed by atoms with Crippen LogP contribution in [0.25, 0.3) is 0 Å². The van der Waals surface area contributed by atoms with Crippen molar-refractivity contribution in [2.24, 2.45) is 0 Å². The number of anilines is 1. The fourth-order valence-electron chi connectivity index (χ4n) is 3.11. The van der Waals surface area contributed by atoms with E-state index in [9.17, 15) is 10.1 Å². The zero-order valence-electron chi connectivity index (χ0n) is 14.0. The fourth-order valence-corrected chi connectivity index (χ4v) is 3.11. The second kappa shape index (κ2) is 6.37. The van der Waals surface area contributed by atoms with Gasteiger partial charge in [-0.05, 0) is 43.0 Å². The molecular formula is C20H21N3O.